The number of hydrogen-bond donors (Lipinski definition) is 9. The average molecular weight is 835 g/mol. The van der Waals surface area contributed by atoms with Crippen LogP contribution in [0.15, 0.2) is 30.3 Å². The number of nitrogens with one attached hydrogen (secondary N) is 6. The highest BCUT2D eigenvalue weighted by molar-refractivity contribution is 5.98. The number of hydrogen-bond acceptors (Lipinski definition) is 11. The maximum absolute atomic E-state index is 13.9. The normalized spacial score (nSPS) is 15.1. The molecule has 0 fully saturated rings. The molecule has 0 aromatic heterocycles. The summed E-state index contributed by atoms with van der Waals surface area (Å²) in [6.45, 7) is 16.4. The number of primary amides is 2. The Morgan fingerprint density at radius 2 is 1.08 bits per heavy atom. The maximum atomic E-state index is 13.9. The largest absolute Gasteiger partial charge is 0.445 e. The van der Waals surface area contributed by atoms with Crippen molar-refractivity contribution >= 4 is 47.4 Å². The van der Waals surface area contributed by atoms with Gasteiger partial charge in [0.25, 0.3) is 0 Å². The zero-order valence-corrected chi connectivity index (χ0v) is 35.9. The fraction of sp³-hybridized carbons (Fsp3) is 0.650. The molecular weight excluding hydrogens is 768 g/mol. The molecule has 19 nitrogen and oxygen atoms in total. The molecule has 0 radical (unpaired) electrons. The van der Waals surface area contributed by atoms with Crippen molar-refractivity contribution in [3.05, 3.63) is 35.9 Å². The van der Waals surface area contributed by atoms with E-state index in [0.29, 0.717) is 5.56 Å². The molecule has 0 saturated carbocycles. The van der Waals surface area contributed by atoms with Crippen LogP contribution in [0.1, 0.15) is 94.1 Å². The Morgan fingerprint density at radius 3 is 1.56 bits per heavy atom. The van der Waals surface area contributed by atoms with Crippen LogP contribution < -0.4 is 43.4 Å². The summed E-state index contributed by atoms with van der Waals surface area (Å²) in [4.78, 5) is 105. The van der Waals surface area contributed by atoms with Gasteiger partial charge in [-0.15, -0.1) is 0 Å². The third kappa shape index (κ3) is 20.3. The van der Waals surface area contributed by atoms with Gasteiger partial charge in [0.05, 0.1) is 24.7 Å². The molecule has 0 bridgehead atoms. The van der Waals surface area contributed by atoms with Crippen molar-refractivity contribution in [1.82, 2.24) is 31.9 Å². The first-order chi connectivity index (χ1) is 27.3. The van der Waals surface area contributed by atoms with E-state index in [-0.39, 0.29) is 31.3 Å². The lowest BCUT2D eigenvalue weighted by Crippen LogP contribution is -2.62. The molecule has 0 unspecified atom stereocenters. The molecular formula is C40H66N8O11. The number of carbonyl (C=O) groups is 8. The predicted octanol–water partition coefficient (Wildman–Crippen LogP) is 0.0102. The first-order valence-electron chi connectivity index (χ1n) is 19.7. The van der Waals surface area contributed by atoms with Crippen LogP contribution in [0.4, 0.5) is 4.79 Å². The van der Waals surface area contributed by atoms with Gasteiger partial charge in [0.15, 0.2) is 0 Å². The molecule has 7 atom stereocenters. The van der Waals surface area contributed by atoms with Crippen molar-refractivity contribution in [2.75, 3.05) is 6.61 Å². The summed E-state index contributed by atoms with van der Waals surface area (Å²) in [5, 5.41) is 25.0. The van der Waals surface area contributed by atoms with Crippen LogP contribution in [0, 0.1) is 17.8 Å². The second-order valence-corrected chi connectivity index (χ2v) is 16.7. The van der Waals surface area contributed by atoms with Crippen LogP contribution >= 0.6 is 0 Å². The zero-order chi connectivity index (χ0) is 45.2. The quantitative estimate of drug-likeness (QED) is 0.0669. The van der Waals surface area contributed by atoms with E-state index in [1.54, 1.807) is 78.8 Å². The number of ether oxygens (including phenoxy) is 2. The van der Waals surface area contributed by atoms with E-state index >= 15 is 0 Å². The van der Waals surface area contributed by atoms with Crippen LogP contribution in [0.2, 0.25) is 0 Å². The Hall–Kier alpha value is -5.30. The number of benzene rings is 1. The summed E-state index contributed by atoms with van der Waals surface area (Å²) in [6.07, 6.45) is -2.64. The molecule has 0 aliphatic rings. The number of aliphatic hydroxyl groups excluding tert-OH is 1. The molecule has 8 amide bonds. The number of aliphatic hydroxyl groups is 1. The Morgan fingerprint density at radius 1 is 0.627 bits per heavy atom. The second kappa shape index (κ2) is 24.6. The average Bonchev–Trinajstić information content (AvgIpc) is 3.11. The van der Waals surface area contributed by atoms with Gasteiger partial charge in [-0.05, 0) is 63.9 Å². The highest BCUT2D eigenvalue weighted by atomic mass is 16.5. The summed E-state index contributed by atoms with van der Waals surface area (Å²) in [6, 6.07) is 0.689. The van der Waals surface area contributed by atoms with E-state index in [1.165, 1.54) is 6.92 Å². The lowest BCUT2D eigenvalue weighted by Gasteiger charge is -2.30. The smallest absolute Gasteiger partial charge is 0.408 e. The number of nitrogens with two attached hydrogens (primary N) is 2. The summed E-state index contributed by atoms with van der Waals surface area (Å²) < 4.78 is 11.1. The van der Waals surface area contributed by atoms with Gasteiger partial charge in [0.2, 0.25) is 41.4 Å². The molecule has 0 aliphatic carbocycles. The minimum Gasteiger partial charge on any atom is -0.445 e. The van der Waals surface area contributed by atoms with Crippen molar-refractivity contribution < 1.29 is 52.9 Å². The standard InChI is InChI=1S/C40H66N8O11/c1-21(2)16-26(36(54)48-32(24(7)49)33(42)51)44-38(56)31(23(5)6)47-37(55)29(20-59-40(8,9)10)45-35(53)28(18-30(41)50)43-34(52)27(17-22(3)4)46-39(57)58-19-25-14-12-11-13-15-25/h11-15,21-24,26-29,31-32,49H,16-20H2,1-10H3,(H2,41,50)(H2,42,51)(H,43,52)(H,44,56)(H,45,53)(H,46,57)(H,47,55)(H,48,54)/t24-,26+,27+,28+,29+,31+,32+/m1/s1. The van der Waals surface area contributed by atoms with Crippen molar-refractivity contribution in [1.29, 1.82) is 0 Å². The first-order valence-corrected chi connectivity index (χ1v) is 19.7. The van der Waals surface area contributed by atoms with Crippen molar-refractivity contribution in [2.24, 2.45) is 29.2 Å². The Balaban J connectivity index is 3.32. The van der Waals surface area contributed by atoms with E-state index in [0.717, 1.165) is 0 Å². The monoisotopic (exact) mass is 834 g/mol. The molecule has 19 heteroatoms. The Labute approximate surface area is 346 Å². The highest BCUT2D eigenvalue weighted by Gasteiger charge is 2.36. The van der Waals surface area contributed by atoms with Crippen LogP contribution in [-0.2, 0) is 49.6 Å². The molecule has 0 heterocycles. The van der Waals surface area contributed by atoms with Crippen LogP contribution in [0.3, 0.4) is 0 Å². The van der Waals surface area contributed by atoms with Crippen LogP contribution in [-0.4, -0.2) is 107 Å². The van der Waals surface area contributed by atoms with Gasteiger partial charge in [-0.2, -0.15) is 0 Å². The first kappa shape index (κ1) is 51.7. The van der Waals surface area contributed by atoms with Gasteiger partial charge in [0, 0.05) is 0 Å². The molecule has 0 spiro atoms. The SMILES string of the molecule is CC(C)C[C@H](NC(=O)OCc1ccccc1)C(=O)N[C@@H](CC(N)=O)C(=O)N[C@@H](COC(C)(C)C)C(=O)N[C@H](C(=O)N[C@@H](CC(C)C)C(=O)N[C@H](C(N)=O)[C@@H](C)O)C(C)C. The second-order valence-electron chi connectivity index (χ2n) is 16.7. The topological polar surface area (TPSA) is 299 Å². The summed E-state index contributed by atoms with van der Waals surface area (Å²) >= 11 is 0. The molecule has 1 aromatic carbocycles. The number of rotatable bonds is 24. The molecule has 332 valence electrons. The van der Waals surface area contributed by atoms with E-state index in [1.807, 2.05) is 13.8 Å². The predicted molar refractivity (Wildman–Crippen MR) is 217 cm³/mol. The van der Waals surface area contributed by atoms with E-state index in [2.05, 4.69) is 31.9 Å². The van der Waals surface area contributed by atoms with Gasteiger partial charge >= 0.3 is 6.09 Å². The van der Waals surface area contributed by atoms with Crippen LogP contribution in [0.5, 0.6) is 0 Å². The Kier molecular flexibility index (Phi) is 21.5. The fourth-order valence-corrected chi connectivity index (χ4v) is 5.52. The van der Waals surface area contributed by atoms with Crippen molar-refractivity contribution in [3.8, 4) is 0 Å². The lowest BCUT2D eigenvalue weighted by molar-refractivity contribution is -0.138. The van der Waals surface area contributed by atoms with Crippen LogP contribution in [0.25, 0.3) is 0 Å². The maximum Gasteiger partial charge on any atom is 0.408 e. The molecule has 59 heavy (non-hydrogen) atoms. The Bertz CT molecular complexity index is 1580. The minimum absolute atomic E-state index is 0.0655. The molecule has 0 saturated heterocycles. The third-order valence-corrected chi connectivity index (χ3v) is 8.56. The number of amides is 8. The third-order valence-electron chi connectivity index (χ3n) is 8.56. The summed E-state index contributed by atoms with van der Waals surface area (Å²) in [7, 11) is 0. The fourth-order valence-electron chi connectivity index (χ4n) is 5.52. The summed E-state index contributed by atoms with van der Waals surface area (Å²) in [5.74, 6) is -6.99. The molecule has 11 N–H and O–H groups in total. The van der Waals surface area contributed by atoms with Gasteiger partial charge in [-0.1, -0.05) is 71.9 Å². The van der Waals surface area contributed by atoms with Crippen molar-refractivity contribution in [3.63, 3.8) is 0 Å². The molecule has 1 aromatic rings. The highest BCUT2D eigenvalue weighted by Crippen LogP contribution is 2.12. The number of alkyl carbamates (subject to hydrolysis) is 1. The minimum atomic E-state index is -1.60. The van der Waals surface area contributed by atoms with Gasteiger partial charge in [0.1, 0.15) is 42.9 Å². The van der Waals surface area contributed by atoms with Gasteiger partial charge in [-0.25, -0.2) is 4.79 Å². The lowest BCUT2D eigenvalue weighted by atomic mass is 9.99. The van der Waals surface area contributed by atoms with E-state index < -0.39 is 114 Å². The zero-order valence-electron chi connectivity index (χ0n) is 35.9. The number of carbonyl (C=O) groups excluding carboxylic acids is 8. The van der Waals surface area contributed by atoms with Gasteiger partial charge in [-0.3, -0.25) is 33.6 Å². The summed E-state index contributed by atoms with van der Waals surface area (Å²) in [5.41, 5.74) is 10.7. The van der Waals surface area contributed by atoms with E-state index in [9.17, 15) is 43.5 Å². The molecule has 0 aliphatic heterocycles. The molecule has 1 rings (SSSR count). The van der Waals surface area contributed by atoms with Gasteiger partial charge < -0.3 is 57.9 Å². The van der Waals surface area contributed by atoms with Crippen molar-refractivity contribution in [2.45, 2.75) is 143 Å². The van der Waals surface area contributed by atoms with E-state index in [4.69, 9.17) is 20.9 Å².